The van der Waals surface area contributed by atoms with E-state index < -0.39 is 5.97 Å². The first-order valence-electron chi connectivity index (χ1n) is 2.81. The molecule has 60 valence electrons. The van der Waals surface area contributed by atoms with Crippen molar-refractivity contribution in [3.8, 4) is 5.75 Å². The lowest BCUT2D eigenvalue weighted by Crippen LogP contribution is -1.94. The Labute approximate surface area is 67.2 Å². The molecule has 0 aliphatic rings. The van der Waals surface area contributed by atoms with Crippen LogP contribution < -0.4 is 10.5 Å². The molecular weight excluding hydrogens is 166 g/mol. The minimum Gasteiger partial charge on any atom is -0.495 e. The smallest absolute Gasteiger partial charge is 0.349 e. The number of ether oxygens (including phenoxy) is 1. The van der Waals surface area contributed by atoms with Crippen molar-refractivity contribution in [1.29, 1.82) is 0 Å². The number of carboxylic acids is 1. The topological polar surface area (TPSA) is 72.5 Å². The molecule has 0 aliphatic carbocycles. The summed E-state index contributed by atoms with van der Waals surface area (Å²) in [6.07, 6.45) is 0. The molecule has 0 saturated heterocycles. The summed E-state index contributed by atoms with van der Waals surface area (Å²) < 4.78 is 4.78. The molecule has 0 aliphatic heterocycles. The lowest BCUT2D eigenvalue weighted by molar-refractivity contribution is 0.0699. The lowest BCUT2D eigenvalue weighted by atomic mass is 10.4. The molecule has 1 aromatic heterocycles. The zero-order chi connectivity index (χ0) is 8.43. The average Bonchev–Trinajstić information content (AvgIpc) is 2.30. The SMILES string of the molecule is COc1cc(N)sc1C(=O)O. The van der Waals surface area contributed by atoms with Crippen LogP contribution in [0.3, 0.4) is 0 Å². The average molecular weight is 173 g/mol. The fourth-order valence-corrected chi connectivity index (χ4v) is 1.42. The van der Waals surface area contributed by atoms with E-state index in [1.165, 1.54) is 13.2 Å². The van der Waals surface area contributed by atoms with Gasteiger partial charge in [-0.3, -0.25) is 0 Å². The van der Waals surface area contributed by atoms with Crippen LogP contribution in [0.2, 0.25) is 0 Å². The van der Waals surface area contributed by atoms with E-state index in [-0.39, 0.29) is 4.88 Å². The van der Waals surface area contributed by atoms with Crippen LogP contribution >= 0.6 is 11.3 Å². The highest BCUT2D eigenvalue weighted by molar-refractivity contribution is 7.18. The number of carbonyl (C=O) groups is 1. The molecule has 0 bridgehead atoms. The van der Waals surface area contributed by atoms with E-state index in [0.717, 1.165) is 11.3 Å². The molecule has 1 rings (SSSR count). The quantitative estimate of drug-likeness (QED) is 0.700. The van der Waals surface area contributed by atoms with E-state index in [9.17, 15) is 4.79 Å². The van der Waals surface area contributed by atoms with Gasteiger partial charge in [0.2, 0.25) is 0 Å². The Morgan fingerprint density at radius 2 is 2.45 bits per heavy atom. The highest BCUT2D eigenvalue weighted by Gasteiger charge is 2.14. The summed E-state index contributed by atoms with van der Waals surface area (Å²) in [7, 11) is 1.41. The third-order valence-corrected chi connectivity index (χ3v) is 2.06. The van der Waals surface area contributed by atoms with Crippen LogP contribution in [0.1, 0.15) is 9.67 Å². The van der Waals surface area contributed by atoms with Crippen molar-refractivity contribution >= 4 is 22.3 Å². The molecule has 5 heteroatoms. The maximum Gasteiger partial charge on any atom is 0.349 e. The van der Waals surface area contributed by atoms with Crippen molar-refractivity contribution < 1.29 is 14.6 Å². The van der Waals surface area contributed by atoms with Crippen molar-refractivity contribution in [1.82, 2.24) is 0 Å². The number of thiophene rings is 1. The van der Waals surface area contributed by atoms with E-state index in [4.69, 9.17) is 15.6 Å². The van der Waals surface area contributed by atoms with Gasteiger partial charge in [-0.05, 0) is 0 Å². The van der Waals surface area contributed by atoms with Crippen LogP contribution in [-0.2, 0) is 0 Å². The van der Waals surface area contributed by atoms with Gasteiger partial charge in [0.25, 0.3) is 0 Å². The van der Waals surface area contributed by atoms with Crippen molar-refractivity contribution in [2.24, 2.45) is 0 Å². The van der Waals surface area contributed by atoms with E-state index in [1.54, 1.807) is 0 Å². The highest BCUT2D eigenvalue weighted by Crippen LogP contribution is 2.30. The molecule has 0 radical (unpaired) electrons. The molecule has 0 spiro atoms. The first-order chi connectivity index (χ1) is 5.15. The highest BCUT2D eigenvalue weighted by atomic mass is 32.1. The van der Waals surface area contributed by atoms with Gasteiger partial charge in [0.15, 0.2) is 4.88 Å². The monoisotopic (exact) mass is 173 g/mol. The number of rotatable bonds is 2. The molecule has 1 aromatic rings. The Morgan fingerprint density at radius 3 is 2.82 bits per heavy atom. The summed E-state index contributed by atoms with van der Waals surface area (Å²) in [5, 5.41) is 9.03. The molecule has 0 fully saturated rings. The maximum atomic E-state index is 10.5. The number of methoxy groups -OCH3 is 1. The zero-order valence-electron chi connectivity index (χ0n) is 5.83. The Bertz CT molecular complexity index is 281. The fraction of sp³-hybridized carbons (Fsp3) is 0.167. The predicted molar refractivity (Wildman–Crippen MR) is 42.2 cm³/mol. The predicted octanol–water partition coefficient (Wildman–Crippen LogP) is 1.04. The number of aromatic carboxylic acids is 1. The normalized spacial score (nSPS) is 9.55. The standard InChI is InChI=1S/C6H7NO3S/c1-10-3-2-4(7)11-5(3)6(8)9/h2H,7H2,1H3,(H,8,9). The number of nitrogen functional groups attached to an aromatic ring is 1. The maximum absolute atomic E-state index is 10.5. The van der Waals surface area contributed by atoms with Gasteiger partial charge >= 0.3 is 5.97 Å². The molecule has 4 nitrogen and oxygen atoms in total. The molecule has 0 aromatic carbocycles. The third kappa shape index (κ3) is 1.43. The molecule has 0 saturated carbocycles. The van der Waals surface area contributed by atoms with Gasteiger partial charge in [-0.1, -0.05) is 0 Å². The number of hydrogen-bond donors (Lipinski definition) is 2. The zero-order valence-corrected chi connectivity index (χ0v) is 6.64. The first-order valence-corrected chi connectivity index (χ1v) is 3.63. The molecule has 0 unspecified atom stereocenters. The Kier molecular flexibility index (Phi) is 2.00. The van der Waals surface area contributed by atoms with Crippen LogP contribution in [0, 0.1) is 0 Å². The molecule has 1 heterocycles. The molecule has 0 amide bonds. The molecule has 0 atom stereocenters. The van der Waals surface area contributed by atoms with Crippen LogP contribution in [0.5, 0.6) is 5.75 Å². The molecule has 3 N–H and O–H groups in total. The van der Waals surface area contributed by atoms with Crippen molar-refractivity contribution in [3.63, 3.8) is 0 Å². The summed E-state index contributed by atoms with van der Waals surface area (Å²) >= 11 is 1.00. The summed E-state index contributed by atoms with van der Waals surface area (Å²) in [5.41, 5.74) is 5.37. The Morgan fingerprint density at radius 1 is 1.82 bits per heavy atom. The first kappa shape index (κ1) is 7.87. The number of carboxylic acid groups (broad SMARTS) is 1. The largest absolute Gasteiger partial charge is 0.495 e. The fourth-order valence-electron chi connectivity index (χ4n) is 0.693. The van der Waals surface area contributed by atoms with Crippen molar-refractivity contribution in [2.75, 3.05) is 12.8 Å². The minimum atomic E-state index is -1.01. The summed E-state index contributed by atoms with van der Waals surface area (Å²) in [4.78, 5) is 10.6. The Balaban J connectivity index is 3.12. The Hall–Kier alpha value is -1.23. The van der Waals surface area contributed by atoms with Gasteiger partial charge in [-0.25, -0.2) is 4.79 Å². The van der Waals surface area contributed by atoms with Gasteiger partial charge in [-0.15, -0.1) is 11.3 Å². The number of hydrogen-bond acceptors (Lipinski definition) is 4. The number of anilines is 1. The number of nitrogens with two attached hydrogens (primary N) is 1. The van der Waals surface area contributed by atoms with E-state index in [0.29, 0.717) is 10.8 Å². The van der Waals surface area contributed by atoms with Crippen molar-refractivity contribution in [2.45, 2.75) is 0 Å². The van der Waals surface area contributed by atoms with Crippen LogP contribution in [-0.4, -0.2) is 18.2 Å². The van der Waals surface area contributed by atoms with E-state index in [2.05, 4.69) is 0 Å². The summed E-state index contributed by atoms with van der Waals surface area (Å²) in [5.74, 6) is -0.691. The minimum absolute atomic E-state index is 0.144. The molecule has 11 heavy (non-hydrogen) atoms. The molecular formula is C6H7NO3S. The van der Waals surface area contributed by atoms with Gasteiger partial charge in [0.1, 0.15) is 5.75 Å². The van der Waals surface area contributed by atoms with Gasteiger partial charge in [-0.2, -0.15) is 0 Å². The third-order valence-electron chi connectivity index (χ3n) is 1.13. The van der Waals surface area contributed by atoms with E-state index >= 15 is 0 Å². The second kappa shape index (κ2) is 2.79. The van der Waals surface area contributed by atoms with Gasteiger partial charge in [0.05, 0.1) is 12.1 Å². The lowest BCUT2D eigenvalue weighted by Gasteiger charge is -1.94. The van der Waals surface area contributed by atoms with Crippen molar-refractivity contribution in [3.05, 3.63) is 10.9 Å². The second-order valence-electron chi connectivity index (χ2n) is 1.85. The second-order valence-corrected chi connectivity index (χ2v) is 2.94. The van der Waals surface area contributed by atoms with E-state index in [1.807, 2.05) is 0 Å². The summed E-state index contributed by atoms with van der Waals surface area (Å²) in [6, 6.07) is 1.49. The van der Waals surface area contributed by atoms with Gasteiger partial charge < -0.3 is 15.6 Å². The van der Waals surface area contributed by atoms with Crippen LogP contribution in [0.4, 0.5) is 5.00 Å². The summed E-state index contributed by atoms with van der Waals surface area (Å²) in [6.45, 7) is 0. The van der Waals surface area contributed by atoms with Crippen LogP contribution in [0.15, 0.2) is 6.07 Å². The van der Waals surface area contributed by atoms with Crippen LogP contribution in [0.25, 0.3) is 0 Å². The van der Waals surface area contributed by atoms with Gasteiger partial charge in [0, 0.05) is 6.07 Å².